The maximum atomic E-state index is 13.0. The van der Waals surface area contributed by atoms with E-state index in [9.17, 15) is 9.59 Å². The van der Waals surface area contributed by atoms with Crippen LogP contribution in [0.3, 0.4) is 0 Å². The topological polar surface area (TPSA) is 40.6 Å². The van der Waals surface area contributed by atoms with E-state index >= 15 is 0 Å². The van der Waals surface area contributed by atoms with Gasteiger partial charge in [0.05, 0.1) is 10.6 Å². The lowest BCUT2D eigenvalue weighted by atomic mass is 9.91. The molecule has 0 aromatic heterocycles. The van der Waals surface area contributed by atoms with Crippen molar-refractivity contribution >= 4 is 40.6 Å². The van der Waals surface area contributed by atoms with Crippen LogP contribution in [0, 0.1) is 11.8 Å². The molecule has 2 amide bonds. The molecule has 2 aliphatic rings. The van der Waals surface area contributed by atoms with Gasteiger partial charge in [-0.15, -0.1) is 0 Å². The Balaban J connectivity index is 2.14. The first kappa shape index (κ1) is 18.3. The van der Waals surface area contributed by atoms with E-state index in [0.717, 1.165) is 19.5 Å². The minimum absolute atomic E-state index is 0.227. The minimum atomic E-state index is -0.280. The van der Waals surface area contributed by atoms with Gasteiger partial charge >= 0.3 is 0 Å². The van der Waals surface area contributed by atoms with Crippen LogP contribution in [0.15, 0.2) is 23.9 Å². The highest BCUT2D eigenvalue weighted by molar-refractivity contribution is 6.41. The van der Waals surface area contributed by atoms with Gasteiger partial charge in [-0.25, -0.2) is 0 Å². The number of imide groups is 1. The number of carbonyl (C=O) groups is 2. The molecule has 1 aromatic rings. The molecule has 0 spiro atoms. The predicted octanol–water partition coefficient (Wildman–Crippen LogP) is 4.07. The molecule has 134 valence electrons. The highest BCUT2D eigenvalue weighted by Gasteiger charge is 2.42. The lowest BCUT2D eigenvalue weighted by molar-refractivity contribution is -0.137. The molecule has 6 heteroatoms. The molecule has 2 atom stereocenters. The number of amides is 2. The van der Waals surface area contributed by atoms with Gasteiger partial charge in [-0.05, 0) is 37.3 Å². The Labute approximate surface area is 158 Å². The summed E-state index contributed by atoms with van der Waals surface area (Å²) in [5, 5.41) is 0.887. The van der Waals surface area contributed by atoms with Crippen molar-refractivity contribution in [2.45, 2.75) is 27.2 Å². The molecular weight excluding hydrogens is 359 g/mol. The van der Waals surface area contributed by atoms with Gasteiger partial charge < -0.3 is 4.90 Å². The summed E-state index contributed by atoms with van der Waals surface area (Å²) >= 11 is 12.4. The van der Waals surface area contributed by atoms with Crippen LogP contribution in [0.25, 0.3) is 5.57 Å². The molecule has 2 aliphatic heterocycles. The van der Waals surface area contributed by atoms with E-state index in [1.54, 1.807) is 25.1 Å². The summed E-state index contributed by atoms with van der Waals surface area (Å²) in [6, 6.07) is 5.03. The van der Waals surface area contributed by atoms with Gasteiger partial charge in [-0.3, -0.25) is 14.5 Å². The average molecular weight is 381 g/mol. The minimum Gasteiger partial charge on any atom is -0.366 e. The average Bonchev–Trinajstić information content (AvgIpc) is 2.77. The summed E-state index contributed by atoms with van der Waals surface area (Å²) in [6.07, 6.45) is 1.13. The fourth-order valence-electron chi connectivity index (χ4n) is 3.92. The Morgan fingerprint density at radius 2 is 1.72 bits per heavy atom. The number of piperidine rings is 1. The summed E-state index contributed by atoms with van der Waals surface area (Å²) < 4.78 is 0. The van der Waals surface area contributed by atoms with E-state index in [-0.39, 0.29) is 11.8 Å². The van der Waals surface area contributed by atoms with Gasteiger partial charge in [-0.2, -0.15) is 0 Å². The number of nitrogens with zero attached hydrogens (tertiary/aromatic N) is 2. The molecule has 0 N–H and O–H groups in total. The zero-order chi connectivity index (χ0) is 18.3. The Morgan fingerprint density at radius 1 is 1.08 bits per heavy atom. The first-order valence-electron chi connectivity index (χ1n) is 8.64. The second-order valence-electron chi connectivity index (χ2n) is 7.05. The molecule has 0 bridgehead atoms. The van der Waals surface area contributed by atoms with Gasteiger partial charge in [0, 0.05) is 30.2 Å². The first-order chi connectivity index (χ1) is 11.8. The zero-order valence-corrected chi connectivity index (χ0v) is 16.2. The third kappa shape index (κ3) is 3.30. The zero-order valence-electron chi connectivity index (χ0n) is 14.7. The second-order valence-corrected chi connectivity index (χ2v) is 7.90. The first-order valence-corrected chi connectivity index (χ1v) is 9.39. The van der Waals surface area contributed by atoms with Crippen molar-refractivity contribution in [1.82, 2.24) is 9.80 Å². The van der Waals surface area contributed by atoms with E-state index in [0.29, 0.717) is 45.3 Å². The van der Waals surface area contributed by atoms with E-state index in [2.05, 4.69) is 18.7 Å². The van der Waals surface area contributed by atoms with Crippen LogP contribution in [0.2, 0.25) is 10.0 Å². The molecule has 25 heavy (non-hydrogen) atoms. The number of hydrogen-bond donors (Lipinski definition) is 0. The second kappa shape index (κ2) is 7.00. The molecule has 1 saturated heterocycles. The van der Waals surface area contributed by atoms with Crippen LogP contribution in [0.1, 0.15) is 32.8 Å². The number of benzene rings is 1. The standard InChI is InChI=1S/C19H22Cl2N2O2/c1-4-23-18(24)16(14-6-5-13(20)8-15(14)21)17(19(23)25)22-9-11(2)7-12(3)10-22/h5-6,8,11-12H,4,7,9-10H2,1-3H3. The molecule has 3 rings (SSSR count). The Bertz CT molecular complexity index is 750. The highest BCUT2D eigenvalue weighted by atomic mass is 35.5. The SMILES string of the molecule is CCN1C(=O)C(c2ccc(Cl)cc2Cl)=C(N2CC(C)CC(C)C2)C1=O. The quantitative estimate of drug-likeness (QED) is 0.741. The Hall–Kier alpha value is -1.52. The van der Waals surface area contributed by atoms with Crippen molar-refractivity contribution in [1.29, 1.82) is 0 Å². The van der Waals surface area contributed by atoms with Crippen molar-refractivity contribution in [2.75, 3.05) is 19.6 Å². The van der Waals surface area contributed by atoms with Gasteiger partial charge in [-0.1, -0.05) is 43.1 Å². The highest BCUT2D eigenvalue weighted by Crippen LogP contribution is 2.38. The summed E-state index contributed by atoms with van der Waals surface area (Å²) in [5.41, 5.74) is 1.45. The van der Waals surface area contributed by atoms with Crippen molar-refractivity contribution in [3.63, 3.8) is 0 Å². The fourth-order valence-corrected chi connectivity index (χ4v) is 4.43. The third-order valence-corrected chi connectivity index (χ3v) is 5.39. The predicted molar refractivity (Wildman–Crippen MR) is 100 cm³/mol. The molecule has 1 fully saturated rings. The van der Waals surface area contributed by atoms with E-state index in [4.69, 9.17) is 23.2 Å². The van der Waals surface area contributed by atoms with Crippen LogP contribution >= 0.6 is 23.2 Å². The molecule has 4 nitrogen and oxygen atoms in total. The molecular formula is C19H22Cl2N2O2. The van der Waals surface area contributed by atoms with Crippen LogP contribution in [0.5, 0.6) is 0 Å². The van der Waals surface area contributed by atoms with Gasteiger partial charge in [0.2, 0.25) is 0 Å². The van der Waals surface area contributed by atoms with Crippen LogP contribution in [-0.2, 0) is 9.59 Å². The number of carbonyl (C=O) groups excluding carboxylic acids is 2. The van der Waals surface area contributed by atoms with E-state index < -0.39 is 0 Å². The molecule has 2 unspecified atom stereocenters. The van der Waals surface area contributed by atoms with Crippen molar-refractivity contribution in [3.8, 4) is 0 Å². The molecule has 0 radical (unpaired) electrons. The normalized spacial score (nSPS) is 24.5. The maximum absolute atomic E-state index is 13.0. The summed E-state index contributed by atoms with van der Waals surface area (Å²) in [7, 11) is 0. The van der Waals surface area contributed by atoms with Crippen molar-refractivity contribution in [2.24, 2.45) is 11.8 Å². The summed E-state index contributed by atoms with van der Waals surface area (Å²) in [6.45, 7) is 8.04. The van der Waals surface area contributed by atoms with Gasteiger partial charge in [0.25, 0.3) is 11.8 Å². The van der Waals surface area contributed by atoms with Gasteiger partial charge in [0.15, 0.2) is 0 Å². The number of hydrogen-bond acceptors (Lipinski definition) is 3. The van der Waals surface area contributed by atoms with Crippen molar-refractivity contribution in [3.05, 3.63) is 39.5 Å². The van der Waals surface area contributed by atoms with Gasteiger partial charge in [0.1, 0.15) is 5.70 Å². The van der Waals surface area contributed by atoms with Crippen LogP contribution in [0.4, 0.5) is 0 Å². The Morgan fingerprint density at radius 3 is 2.28 bits per heavy atom. The molecule has 0 aliphatic carbocycles. The fraction of sp³-hybridized carbons (Fsp3) is 0.474. The number of rotatable bonds is 3. The number of halogens is 2. The summed E-state index contributed by atoms with van der Waals surface area (Å²) in [5.74, 6) is 0.431. The summed E-state index contributed by atoms with van der Waals surface area (Å²) in [4.78, 5) is 29.2. The van der Waals surface area contributed by atoms with Crippen LogP contribution < -0.4 is 0 Å². The third-order valence-electron chi connectivity index (χ3n) is 4.85. The molecule has 1 aromatic carbocycles. The molecule has 2 heterocycles. The molecule has 0 saturated carbocycles. The van der Waals surface area contributed by atoms with Crippen LogP contribution in [-0.4, -0.2) is 41.2 Å². The smallest absolute Gasteiger partial charge is 0.277 e. The number of likely N-dealkylation sites (N-methyl/N-ethyl adjacent to an activating group) is 1. The number of likely N-dealkylation sites (tertiary alicyclic amines) is 1. The lowest BCUT2D eigenvalue weighted by Gasteiger charge is -2.37. The Kier molecular flexibility index (Phi) is 5.12. The van der Waals surface area contributed by atoms with E-state index in [1.165, 1.54) is 4.90 Å². The largest absolute Gasteiger partial charge is 0.366 e. The lowest BCUT2D eigenvalue weighted by Crippen LogP contribution is -2.41. The van der Waals surface area contributed by atoms with Crippen molar-refractivity contribution < 1.29 is 9.59 Å². The maximum Gasteiger partial charge on any atom is 0.277 e. The monoisotopic (exact) mass is 380 g/mol. The van der Waals surface area contributed by atoms with E-state index in [1.807, 2.05) is 0 Å².